The number of phosphoric ester groups is 2. The van der Waals surface area contributed by atoms with Crippen molar-refractivity contribution in [2.45, 2.75) is 350 Å². The Bertz CT molecular complexity index is 1730. The lowest BCUT2D eigenvalue weighted by atomic mass is 10.0. The molecule has 0 spiro atoms. The van der Waals surface area contributed by atoms with Gasteiger partial charge >= 0.3 is 39.5 Å². The number of hydrogen-bond acceptors (Lipinski definition) is 15. The summed E-state index contributed by atoms with van der Waals surface area (Å²) >= 11 is 0. The van der Waals surface area contributed by atoms with E-state index in [0.29, 0.717) is 31.6 Å². The third kappa shape index (κ3) is 62.6. The van der Waals surface area contributed by atoms with Gasteiger partial charge in [-0.15, -0.1) is 0 Å². The summed E-state index contributed by atoms with van der Waals surface area (Å²) in [5.41, 5.74) is 0. The summed E-state index contributed by atoms with van der Waals surface area (Å²) in [5, 5.41) is 10.6. The highest BCUT2D eigenvalue weighted by Gasteiger charge is 2.30. The van der Waals surface area contributed by atoms with Crippen molar-refractivity contribution in [1.29, 1.82) is 0 Å². The summed E-state index contributed by atoms with van der Waals surface area (Å²) in [6.07, 6.45) is 39.0. The molecule has 0 amide bonds. The van der Waals surface area contributed by atoms with Gasteiger partial charge in [-0.05, 0) is 49.4 Å². The van der Waals surface area contributed by atoms with Gasteiger partial charge in [0.15, 0.2) is 12.2 Å². The first-order valence-corrected chi connectivity index (χ1v) is 38.2. The Kier molecular flexibility index (Phi) is 56.6. The summed E-state index contributed by atoms with van der Waals surface area (Å²) < 4.78 is 68.2. The molecule has 0 radical (unpaired) electrons. The van der Waals surface area contributed by atoms with Crippen molar-refractivity contribution in [2.24, 2.45) is 23.7 Å². The molecule has 0 fully saturated rings. The van der Waals surface area contributed by atoms with Crippen molar-refractivity contribution in [3.05, 3.63) is 0 Å². The van der Waals surface area contributed by atoms with Gasteiger partial charge in [-0.3, -0.25) is 37.3 Å². The maximum atomic E-state index is 13.0. The predicted octanol–water partition coefficient (Wildman–Crippen LogP) is 18.9. The lowest BCUT2D eigenvalue weighted by molar-refractivity contribution is -0.161. The molecule has 0 aliphatic carbocycles. The van der Waals surface area contributed by atoms with Crippen LogP contribution in [0.1, 0.15) is 331 Å². The molecule has 0 aromatic carbocycles. The van der Waals surface area contributed by atoms with E-state index in [1.54, 1.807) is 0 Å². The molecule has 0 heterocycles. The Morgan fingerprint density at radius 1 is 0.287 bits per heavy atom. The van der Waals surface area contributed by atoms with Crippen molar-refractivity contribution in [3.8, 4) is 0 Å². The Balaban J connectivity index is 5.26. The maximum absolute atomic E-state index is 13.0. The second kappa shape index (κ2) is 57.9. The van der Waals surface area contributed by atoms with Gasteiger partial charge in [-0.1, -0.05) is 280 Å². The van der Waals surface area contributed by atoms with Gasteiger partial charge in [0.25, 0.3) is 0 Å². The highest BCUT2D eigenvalue weighted by Crippen LogP contribution is 2.45. The first kappa shape index (κ1) is 85.1. The number of unbranched alkanes of at least 4 members (excludes halogenated alkanes) is 31. The van der Waals surface area contributed by atoms with E-state index < -0.39 is 97.5 Å². The van der Waals surface area contributed by atoms with Gasteiger partial charge in [0.2, 0.25) is 0 Å². The Hall–Kier alpha value is -1.94. The Morgan fingerprint density at radius 3 is 0.713 bits per heavy atom. The van der Waals surface area contributed by atoms with E-state index in [-0.39, 0.29) is 25.7 Å². The Labute approximate surface area is 530 Å². The van der Waals surface area contributed by atoms with Crippen molar-refractivity contribution in [1.82, 2.24) is 0 Å². The normalized spacial score (nSPS) is 14.3. The molecule has 0 rings (SSSR count). The monoisotopic (exact) mass is 1280 g/mol. The number of hydrogen-bond donors (Lipinski definition) is 3. The van der Waals surface area contributed by atoms with E-state index in [1.165, 1.54) is 128 Å². The quantitative estimate of drug-likeness (QED) is 0.0222. The molecule has 17 nitrogen and oxygen atoms in total. The van der Waals surface area contributed by atoms with Crippen LogP contribution in [-0.2, 0) is 65.4 Å². The number of phosphoric acid groups is 2. The van der Waals surface area contributed by atoms with Crippen molar-refractivity contribution in [3.63, 3.8) is 0 Å². The van der Waals surface area contributed by atoms with E-state index >= 15 is 0 Å². The molecule has 0 aromatic heterocycles. The van der Waals surface area contributed by atoms with E-state index in [0.717, 1.165) is 114 Å². The van der Waals surface area contributed by atoms with Gasteiger partial charge in [0, 0.05) is 25.7 Å². The van der Waals surface area contributed by atoms with Crippen LogP contribution in [0.15, 0.2) is 0 Å². The number of rotatable bonds is 65. The summed E-state index contributed by atoms with van der Waals surface area (Å²) in [5.74, 6) is 0.803. The van der Waals surface area contributed by atoms with Crippen molar-refractivity contribution >= 4 is 39.5 Å². The zero-order chi connectivity index (χ0) is 64.7. The third-order valence-corrected chi connectivity index (χ3v) is 17.5. The van der Waals surface area contributed by atoms with E-state index in [2.05, 4.69) is 55.4 Å². The fourth-order valence-electron chi connectivity index (χ4n) is 10.1. The molecule has 5 atom stereocenters. The zero-order valence-corrected chi connectivity index (χ0v) is 58.4. The van der Waals surface area contributed by atoms with Crippen LogP contribution in [0.25, 0.3) is 0 Å². The van der Waals surface area contributed by atoms with Crippen molar-refractivity contribution in [2.75, 3.05) is 39.6 Å². The molecular weight excluding hydrogens is 1150 g/mol. The third-order valence-electron chi connectivity index (χ3n) is 15.6. The summed E-state index contributed by atoms with van der Waals surface area (Å²) in [4.78, 5) is 72.4. The molecule has 0 saturated heterocycles. The Morgan fingerprint density at radius 2 is 0.483 bits per heavy atom. The maximum Gasteiger partial charge on any atom is 0.472 e. The van der Waals surface area contributed by atoms with Crippen LogP contribution >= 0.6 is 15.6 Å². The molecule has 19 heteroatoms. The molecule has 0 aromatic rings. The minimum absolute atomic E-state index is 0.104. The summed E-state index contributed by atoms with van der Waals surface area (Å²) in [7, 11) is -9.90. The van der Waals surface area contributed by atoms with Crippen LogP contribution in [-0.4, -0.2) is 96.7 Å². The number of carbonyl (C=O) groups is 4. The number of esters is 4. The van der Waals surface area contributed by atoms with Crippen LogP contribution in [0, 0.1) is 23.7 Å². The molecule has 0 bridgehead atoms. The van der Waals surface area contributed by atoms with Gasteiger partial charge in [-0.2, -0.15) is 0 Å². The zero-order valence-electron chi connectivity index (χ0n) is 56.6. The molecule has 0 aliphatic rings. The molecular formula is C68H132O17P2. The first-order valence-electron chi connectivity index (χ1n) is 35.2. The molecule has 3 N–H and O–H groups in total. The van der Waals surface area contributed by atoms with Crippen LogP contribution in [0.2, 0.25) is 0 Å². The SMILES string of the molecule is CC(C)CCCCCCCCCCCCC(=O)OC[C@H](COP(=O)(O)OCC(O)COP(=O)(O)OC[C@@H](COC(=O)CCCCCCCCCC(C)C)OC(=O)CCCCCCCCCCCC(C)C)OC(=O)CCCCCCCCCCCC(C)C. The van der Waals surface area contributed by atoms with Crippen molar-refractivity contribution < 1.29 is 80.2 Å². The number of carbonyl (C=O) groups excluding carboxylic acids is 4. The lowest BCUT2D eigenvalue weighted by Crippen LogP contribution is -2.30. The van der Waals surface area contributed by atoms with E-state index in [4.69, 9.17) is 37.0 Å². The number of aliphatic hydroxyl groups excluding tert-OH is 1. The van der Waals surface area contributed by atoms with Gasteiger partial charge < -0.3 is 33.8 Å². The van der Waals surface area contributed by atoms with E-state index in [1.807, 2.05) is 0 Å². The molecule has 0 saturated carbocycles. The van der Waals surface area contributed by atoms with E-state index in [9.17, 15) is 43.2 Å². The predicted molar refractivity (Wildman–Crippen MR) is 349 cm³/mol. The smallest absolute Gasteiger partial charge is 0.462 e. The summed E-state index contributed by atoms with van der Waals surface area (Å²) in [6, 6.07) is 0. The topological polar surface area (TPSA) is 237 Å². The number of ether oxygens (including phenoxy) is 4. The van der Waals surface area contributed by atoms with Crippen LogP contribution in [0.5, 0.6) is 0 Å². The lowest BCUT2D eigenvalue weighted by Gasteiger charge is -2.21. The minimum atomic E-state index is -4.95. The van der Waals surface area contributed by atoms with Crippen LogP contribution in [0.3, 0.4) is 0 Å². The largest absolute Gasteiger partial charge is 0.472 e. The van der Waals surface area contributed by atoms with Crippen LogP contribution < -0.4 is 0 Å². The van der Waals surface area contributed by atoms with Gasteiger partial charge in [-0.25, -0.2) is 9.13 Å². The second-order valence-electron chi connectivity index (χ2n) is 26.5. The van der Waals surface area contributed by atoms with Gasteiger partial charge in [0.05, 0.1) is 26.4 Å². The van der Waals surface area contributed by atoms with Crippen LogP contribution in [0.4, 0.5) is 0 Å². The first-order chi connectivity index (χ1) is 41.6. The molecule has 516 valence electrons. The molecule has 87 heavy (non-hydrogen) atoms. The average Bonchev–Trinajstić information content (AvgIpc) is 3.67. The standard InChI is InChI=1S/C68H132O17P2/c1-58(2)44-36-28-20-13-9-10-16-24-32-40-48-65(70)78-54-63(84-67(72)50-42-34-25-17-11-14-21-29-37-45-59(3)4)56-82-86(74,75)80-52-62(69)53-81-87(76,77)83-57-64(55-79-66(71)49-41-33-27-19-23-31-39-47-61(7)8)85-68(73)51-43-35-26-18-12-15-22-30-38-46-60(5)6/h58-64,69H,9-57H2,1-8H3,(H,74,75)(H,76,77)/t62?,63-,64-/m1/s1. The fourth-order valence-corrected chi connectivity index (χ4v) is 11.7. The highest BCUT2D eigenvalue weighted by molar-refractivity contribution is 7.47. The molecule has 3 unspecified atom stereocenters. The number of aliphatic hydroxyl groups is 1. The fraction of sp³-hybridized carbons (Fsp3) is 0.941. The second-order valence-corrected chi connectivity index (χ2v) is 29.4. The van der Waals surface area contributed by atoms with Gasteiger partial charge in [0.1, 0.15) is 19.3 Å². The summed E-state index contributed by atoms with van der Waals surface area (Å²) in [6.45, 7) is 14.0. The highest BCUT2D eigenvalue weighted by atomic mass is 31.2. The molecule has 0 aliphatic heterocycles. The minimum Gasteiger partial charge on any atom is -0.462 e. The average molecular weight is 1280 g/mol.